The Morgan fingerprint density at radius 2 is 1.86 bits per heavy atom. The lowest BCUT2D eigenvalue weighted by atomic mass is 9.74. The average Bonchev–Trinajstić information content (AvgIpc) is 2.70. The minimum Gasteiger partial charge on any atom is -0.206 e. The smallest absolute Gasteiger partial charge is 0.206 e. The lowest BCUT2D eigenvalue weighted by Gasteiger charge is -2.34. The Bertz CT molecular complexity index is 554. The van der Waals surface area contributed by atoms with E-state index >= 15 is 0 Å². The molecule has 0 aromatic heterocycles. The van der Waals surface area contributed by atoms with E-state index in [0.29, 0.717) is 17.9 Å². The van der Waals surface area contributed by atoms with E-state index in [4.69, 9.17) is 0 Å². The van der Waals surface area contributed by atoms with Gasteiger partial charge in [-0.2, -0.15) is 0 Å². The molecule has 2 aliphatic carbocycles. The molecule has 1 unspecified atom stereocenters. The van der Waals surface area contributed by atoms with E-state index in [9.17, 15) is 13.2 Å². The van der Waals surface area contributed by atoms with Crippen LogP contribution < -0.4 is 0 Å². The predicted molar refractivity (Wildman–Crippen MR) is 77.9 cm³/mol. The standard InChI is InChI=1S/C18H21F3/c1-3-12-4-6-13(7-5-12)15-10-14-8-11(2)9-16(19)17(14)18(15,20)21/h3,8-9,12-13,15H,1,4-7,10H2,2H3. The molecule has 3 rings (SSSR count). The molecule has 0 amide bonds. The molecule has 1 aromatic rings. The largest absolute Gasteiger partial charge is 0.279 e. The van der Waals surface area contributed by atoms with Gasteiger partial charge in [0.05, 0.1) is 5.56 Å². The quantitative estimate of drug-likeness (QED) is 0.641. The van der Waals surface area contributed by atoms with Crippen molar-refractivity contribution in [2.75, 3.05) is 0 Å². The number of hydrogen-bond donors (Lipinski definition) is 0. The first kappa shape index (κ1) is 14.7. The Hall–Kier alpha value is -1.25. The topological polar surface area (TPSA) is 0 Å². The van der Waals surface area contributed by atoms with Crippen LogP contribution in [-0.2, 0) is 12.3 Å². The molecule has 114 valence electrons. The average molecular weight is 294 g/mol. The molecule has 0 nitrogen and oxygen atoms in total. The van der Waals surface area contributed by atoms with Crippen molar-refractivity contribution in [2.24, 2.45) is 17.8 Å². The number of rotatable bonds is 2. The maximum atomic E-state index is 14.7. The van der Waals surface area contributed by atoms with Gasteiger partial charge in [-0.25, -0.2) is 13.2 Å². The number of fused-ring (bicyclic) bond motifs is 1. The van der Waals surface area contributed by atoms with Crippen molar-refractivity contribution in [3.05, 3.63) is 47.3 Å². The van der Waals surface area contributed by atoms with Crippen LogP contribution in [0, 0.1) is 30.5 Å². The minimum atomic E-state index is -3.03. The van der Waals surface area contributed by atoms with Crippen molar-refractivity contribution in [2.45, 2.75) is 45.0 Å². The fourth-order valence-corrected chi connectivity index (χ4v) is 4.14. The van der Waals surface area contributed by atoms with E-state index in [1.807, 2.05) is 6.08 Å². The van der Waals surface area contributed by atoms with Gasteiger partial charge in [0.1, 0.15) is 5.82 Å². The van der Waals surface area contributed by atoms with Crippen LogP contribution in [-0.4, -0.2) is 0 Å². The molecule has 0 heterocycles. The van der Waals surface area contributed by atoms with Gasteiger partial charge >= 0.3 is 0 Å². The van der Waals surface area contributed by atoms with Crippen molar-refractivity contribution < 1.29 is 13.2 Å². The van der Waals surface area contributed by atoms with Crippen molar-refractivity contribution in [1.82, 2.24) is 0 Å². The summed E-state index contributed by atoms with van der Waals surface area (Å²) >= 11 is 0. The summed E-state index contributed by atoms with van der Waals surface area (Å²) in [6.07, 6.45) is 5.69. The van der Waals surface area contributed by atoms with Crippen LogP contribution in [0.25, 0.3) is 0 Å². The summed E-state index contributed by atoms with van der Waals surface area (Å²) in [5.41, 5.74) is 0.885. The van der Waals surface area contributed by atoms with Gasteiger partial charge in [-0.15, -0.1) is 6.58 Å². The van der Waals surface area contributed by atoms with Gasteiger partial charge in [-0.3, -0.25) is 0 Å². The third-order valence-corrected chi connectivity index (χ3v) is 5.27. The Balaban J connectivity index is 1.87. The van der Waals surface area contributed by atoms with Gasteiger partial charge in [0.25, 0.3) is 5.92 Å². The number of allylic oxidation sites excluding steroid dienone is 1. The monoisotopic (exact) mass is 294 g/mol. The number of aryl methyl sites for hydroxylation is 1. The van der Waals surface area contributed by atoms with Crippen LogP contribution in [0.4, 0.5) is 13.2 Å². The Kier molecular flexibility index (Phi) is 3.62. The SMILES string of the molecule is C=CC1CCC(C2Cc3cc(C)cc(F)c3C2(F)F)CC1. The van der Waals surface area contributed by atoms with Crippen molar-refractivity contribution in [1.29, 1.82) is 0 Å². The van der Waals surface area contributed by atoms with E-state index in [0.717, 1.165) is 31.2 Å². The summed E-state index contributed by atoms with van der Waals surface area (Å²) in [6, 6.07) is 2.95. The first-order valence-corrected chi connectivity index (χ1v) is 7.73. The summed E-state index contributed by atoms with van der Waals surface area (Å²) in [4.78, 5) is 0. The number of halogens is 3. The summed E-state index contributed by atoms with van der Waals surface area (Å²) < 4.78 is 43.4. The zero-order valence-corrected chi connectivity index (χ0v) is 12.3. The first-order chi connectivity index (χ1) is 9.93. The number of alkyl halides is 2. The van der Waals surface area contributed by atoms with Gasteiger partial charge in [0.2, 0.25) is 0 Å². The van der Waals surface area contributed by atoms with Gasteiger partial charge in [0, 0.05) is 5.92 Å². The van der Waals surface area contributed by atoms with Crippen molar-refractivity contribution in [3.8, 4) is 0 Å². The maximum absolute atomic E-state index is 14.7. The highest BCUT2D eigenvalue weighted by molar-refractivity contribution is 5.41. The molecule has 0 aliphatic heterocycles. The highest BCUT2D eigenvalue weighted by Crippen LogP contribution is 2.53. The summed E-state index contributed by atoms with van der Waals surface area (Å²) in [5, 5.41) is 0. The lowest BCUT2D eigenvalue weighted by Crippen LogP contribution is -2.31. The van der Waals surface area contributed by atoms with E-state index in [1.165, 1.54) is 6.07 Å². The van der Waals surface area contributed by atoms with Crippen LogP contribution >= 0.6 is 0 Å². The van der Waals surface area contributed by atoms with Crippen LogP contribution in [0.5, 0.6) is 0 Å². The molecule has 1 saturated carbocycles. The molecular weight excluding hydrogens is 273 g/mol. The maximum Gasteiger partial charge on any atom is 0.279 e. The molecule has 0 N–H and O–H groups in total. The van der Waals surface area contributed by atoms with Crippen LogP contribution in [0.15, 0.2) is 24.8 Å². The molecule has 21 heavy (non-hydrogen) atoms. The Labute approximate surface area is 124 Å². The lowest BCUT2D eigenvalue weighted by molar-refractivity contribution is -0.0831. The first-order valence-electron chi connectivity index (χ1n) is 7.73. The van der Waals surface area contributed by atoms with E-state index in [2.05, 4.69) is 6.58 Å². The molecule has 2 aliphatic rings. The second kappa shape index (κ2) is 5.19. The minimum absolute atomic E-state index is 0.0108. The second-order valence-electron chi connectivity index (χ2n) is 6.63. The summed E-state index contributed by atoms with van der Waals surface area (Å²) in [6.45, 7) is 5.55. The molecule has 0 saturated heterocycles. The molecule has 3 heteroatoms. The molecule has 1 atom stereocenters. The second-order valence-corrected chi connectivity index (χ2v) is 6.63. The highest BCUT2D eigenvalue weighted by Gasteiger charge is 2.53. The third kappa shape index (κ3) is 2.41. The van der Waals surface area contributed by atoms with E-state index < -0.39 is 17.7 Å². The van der Waals surface area contributed by atoms with E-state index in [-0.39, 0.29) is 11.5 Å². The third-order valence-electron chi connectivity index (χ3n) is 5.27. The number of benzene rings is 1. The van der Waals surface area contributed by atoms with Crippen molar-refractivity contribution in [3.63, 3.8) is 0 Å². The summed E-state index contributed by atoms with van der Waals surface area (Å²) in [7, 11) is 0. The Morgan fingerprint density at radius 3 is 2.48 bits per heavy atom. The molecule has 1 fully saturated rings. The van der Waals surface area contributed by atoms with Crippen molar-refractivity contribution >= 4 is 0 Å². The van der Waals surface area contributed by atoms with Gasteiger partial charge < -0.3 is 0 Å². The predicted octanol–water partition coefficient (Wildman–Crippen LogP) is 5.39. The zero-order chi connectivity index (χ0) is 15.2. The van der Waals surface area contributed by atoms with Gasteiger partial charge in [-0.1, -0.05) is 12.1 Å². The molecule has 0 spiro atoms. The molecule has 0 bridgehead atoms. The van der Waals surface area contributed by atoms with Crippen LogP contribution in [0.2, 0.25) is 0 Å². The molecule has 0 radical (unpaired) electrons. The molecule has 1 aromatic carbocycles. The fraction of sp³-hybridized carbons (Fsp3) is 0.556. The Morgan fingerprint density at radius 1 is 1.19 bits per heavy atom. The highest BCUT2D eigenvalue weighted by atomic mass is 19.3. The molecular formula is C18H21F3. The van der Waals surface area contributed by atoms with Gasteiger partial charge in [0.15, 0.2) is 0 Å². The normalized spacial score (nSPS) is 31.0. The number of hydrogen-bond acceptors (Lipinski definition) is 0. The van der Waals surface area contributed by atoms with Crippen LogP contribution in [0.1, 0.15) is 42.4 Å². The van der Waals surface area contributed by atoms with Gasteiger partial charge in [-0.05, 0) is 68.1 Å². The van der Waals surface area contributed by atoms with E-state index in [1.54, 1.807) is 13.0 Å². The fourth-order valence-electron chi connectivity index (χ4n) is 4.14. The zero-order valence-electron chi connectivity index (χ0n) is 12.3. The summed E-state index contributed by atoms with van der Waals surface area (Å²) in [5.74, 6) is -4.06. The van der Waals surface area contributed by atoms with Crippen LogP contribution in [0.3, 0.4) is 0 Å².